The predicted octanol–water partition coefficient (Wildman–Crippen LogP) is 3.39. The van der Waals surface area contributed by atoms with Gasteiger partial charge in [0.25, 0.3) is 0 Å². The van der Waals surface area contributed by atoms with Gasteiger partial charge in [-0.15, -0.1) is 11.3 Å². The second-order valence-electron chi connectivity index (χ2n) is 6.78. The summed E-state index contributed by atoms with van der Waals surface area (Å²) >= 11 is 1.45. The molecule has 0 atom stereocenters. The molecule has 0 saturated heterocycles. The van der Waals surface area contributed by atoms with E-state index in [0.717, 1.165) is 42.4 Å². The van der Waals surface area contributed by atoms with Gasteiger partial charge in [-0.05, 0) is 55.9 Å². The number of thiophene rings is 1. The Balaban J connectivity index is 1.78. The summed E-state index contributed by atoms with van der Waals surface area (Å²) in [6.07, 6.45) is 5.07. The first-order valence-electron chi connectivity index (χ1n) is 9.20. The zero-order valence-electron chi connectivity index (χ0n) is 15.9. The van der Waals surface area contributed by atoms with Crippen molar-refractivity contribution >= 4 is 38.1 Å². The third-order valence-electron chi connectivity index (χ3n) is 4.62. The number of hydrogen-bond acceptors (Lipinski definition) is 6. The zero-order valence-corrected chi connectivity index (χ0v) is 17.5. The number of hydrogen-bond donors (Lipinski definition) is 1. The molecule has 3 rings (SSSR count). The van der Waals surface area contributed by atoms with Gasteiger partial charge in [0.1, 0.15) is 5.00 Å². The Bertz CT molecular complexity index is 990. The Morgan fingerprint density at radius 3 is 2.46 bits per heavy atom. The number of nitrogens with one attached hydrogen (secondary N) is 1. The number of rotatable bonds is 6. The first kappa shape index (κ1) is 20.5. The number of sulfone groups is 1. The van der Waals surface area contributed by atoms with E-state index in [4.69, 9.17) is 4.74 Å². The topological polar surface area (TPSA) is 89.5 Å². The Morgan fingerprint density at radius 1 is 1.14 bits per heavy atom. The van der Waals surface area contributed by atoms with Gasteiger partial charge < -0.3 is 10.1 Å². The van der Waals surface area contributed by atoms with Gasteiger partial charge >= 0.3 is 5.97 Å². The van der Waals surface area contributed by atoms with E-state index >= 15 is 0 Å². The smallest absolute Gasteiger partial charge is 0.341 e. The maximum atomic E-state index is 12.5. The van der Waals surface area contributed by atoms with Crippen LogP contribution < -0.4 is 5.32 Å². The second-order valence-corrected chi connectivity index (χ2v) is 9.90. The van der Waals surface area contributed by atoms with E-state index in [0.29, 0.717) is 16.1 Å². The molecule has 1 heterocycles. The van der Waals surface area contributed by atoms with Crippen LogP contribution in [0.5, 0.6) is 0 Å². The number of carbonyl (C=O) groups is 2. The number of aryl methyl sites for hydroxylation is 1. The van der Waals surface area contributed by atoms with Crippen LogP contribution in [0.1, 0.15) is 46.1 Å². The summed E-state index contributed by atoms with van der Waals surface area (Å²) in [5.74, 6) is -0.647. The Labute approximate surface area is 168 Å². The van der Waals surface area contributed by atoms with Crippen LogP contribution in [0.2, 0.25) is 0 Å². The van der Waals surface area contributed by atoms with Crippen LogP contribution in [-0.2, 0) is 38.6 Å². The first-order valence-corrected chi connectivity index (χ1v) is 11.9. The summed E-state index contributed by atoms with van der Waals surface area (Å²) in [7, 11) is -3.27. The van der Waals surface area contributed by atoms with Crippen molar-refractivity contribution in [2.24, 2.45) is 0 Å². The van der Waals surface area contributed by atoms with E-state index in [1.165, 1.54) is 23.5 Å². The molecule has 1 aliphatic carbocycles. The summed E-state index contributed by atoms with van der Waals surface area (Å²) in [6.45, 7) is 2.04. The molecule has 150 valence electrons. The normalized spacial score (nSPS) is 13.6. The van der Waals surface area contributed by atoms with Crippen LogP contribution in [0.3, 0.4) is 0 Å². The van der Waals surface area contributed by atoms with Gasteiger partial charge in [0.15, 0.2) is 9.84 Å². The molecule has 1 aromatic carbocycles. The third kappa shape index (κ3) is 4.62. The van der Waals surface area contributed by atoms with Crippen LogP contribution in [0, 0.1) is 0 Å². The minimum absolute atomic E-state index is 0.0921. The van der Waals surface area contributed by atoms with Crippen molar-refractivity contribution in [3.05, 3.63) is 45.8 Å². The first-order chi connectivity index (χ1) is 13.3. The molecule has 8 heteroatoms. The predicted molar refractivity (Wildman–Crippen MR) is 109 cm³/mol. The summed E-state index contributed by atoms with van der Waals surface area (Å²) < 4.78 is 28.3. The number of anilines is 1. The van der Waals surface area contributed by atoms with Gasteiger partial charge in [-0.3, -0.25) is 4.79 Å². The van der Waals surface area contributed by atoms with E-state index in [2.05, 4.69) is 5.32 Å². The average molecular weight is 422 g/mol. The second kappa shape index (κ2) is 8.45. The van der Waals surface area contributed by atoms with Gasteiger partial charge in [0, 0.05) is 11.1 Å². The minimum atomic E-state index is -3.27. The summed E-state index contributed by atoms with van der Waals surface area (Å²) in [5, 5.41) is 3.41. The lowest BCUT2D eigenvalue weighted by atomic mass is 9.95. The van der Waals surface area contributed by atoms with Crippen LogP contribution in [-0.4, -0.2) is 33.2 Å². The van der Waals surface area contributed by atoms with Crippen molar-refractivity contribution in [1.82, 2.24) is 0 Å². The Kier molecular flexibility index (Phi) is 6.20. The number of benzene rings is 1. The Morgan fingerprint density at radius 2 is 1.82 bits per heavy atom. The van der Waals surface area contributed by atoms with Crippen LogP contribution in [0.4, 0.5) is 5.00 Å². The highest BCUT2D eigenvalue weighted by atomic mass is 32.2. The monoisotopic (exact) mass is 421 g/mol. The van der Waals surface area contributed by atoms with Crippen LogP contribution >= 0.6 is 11.3 Å². The van der Waals surface area contributed by atoms with Crippen molar-refractivity contribution in [3.8, 4) is 0 Å². The molecular weight excluding hydrogens is 398 g/mol. The van der Waals surface area contributed by atoms with Gasteiger partial charge in [0.2, 0.25) is 5.91 Å². The van der Waals surface area contributed by atoms with Crippen molar-refractivity contribution in [1.29, 1.82) is 0 Å². The molecule has 28 heavy (non-hydrogen) atoms. The largest absolute Gasteiger partial charge is 0.462 e. The molecule has 0 fully saturated rings. The van der Waals surface area contributed by atoms with E-state index in [-0.39, 0.29) is 23.8 Å². The minimum Gasteiger partial charge on any atom is -0.462 e. The molecule has 1 aliphatic rings. The highest BCUT2D eigenvalue weighted by molar-refractivity contribution is 7.90. The van der Waals surface area contributed by atoms with Crippen LogP contribution in [0.15, 0.2) is 29.2 Å². The molecule has 1 aromatic heterocycles. The summed E-state index contributed by atoms with van der Waals surface area (Å²) in [5.41, 5.74) is 2.19. The SMILES string of the molecule is CCOC(=O)c1c(NC(=O)Cc2ccc(S(C)(=O)=O)cc2)sc2c1CCCC2. The molecular formula is C20H23NO5S2. The van der Waals surface area contributed by atoms with Crippen molar-refractivity contribution in [2.45, 2.75) is 43.9 Å². The standard InChI is InChI=1S/C20H23NO5S2/c1-3-26-20(23)18-15-6-4-5-7-16(15)27-19(18)21-17(22)12-13-8-10-14(11-9-13)28(2,24)25/h8-11H,3-7,12H2,1-2H3,(H,21,22). The number of fused-ring (bicyclic) bond motifs is 1. The lowest BCUT2D eigenvalue weighted by Crippen LogP contribution is -2.17. The van der Waals surface area contributed by atoms with E-state index < -0.39 is 15.8 Å². The number of esters is 1. The van der Waals surface area contributed by atoms with E-state index in [1.54, 1.807) is 19.1 Å². The molecule has 1 N–H and O–H groups in total. The highest BCUT2D eigenvalue weighted by Gasteiger charge is 2.27. The molecule has 0 saturated carbocycles. The quantitative estimate of drug-likeness (QED) is 0.722. The van der Waals surface area contributed by atoms with Gasteiger partial charge in [-0.2, -0.15) is 0 Å². The fraction of sp³-hybridized carbons (Fsp3) is 0.400. The van der Waals surface area contributed by atoms with Crippen LogP contribution in [0.25, 0.3) is 0 Å². The molecule has 0 unspecified atom stereocenters. The third-order valence-corrected chi connectivity index (χ3v) is 6.96. The zero-order chi connectivity index (χ0) is 20.3. The fourth-order valence-electron chi connectivity index (χ4n) is 3.28. The maximum Gasteiger partial charge on any atom is 0.341 e. The van der Waals surface area contributed by atoms with Crippen molar-refractivity contribution < 1.29 is 22.7 Å². The molecule has 0 spiro atoms. The molecule has 0 radical (unpaired) electrons. The van der Waals surface area contributed by atoms with Gasteiger partial charge in [0.05, 0.1) is 23.5 Å². The molecule has 2 aromatic rings. The summed E-state index contributed by atoms with van der Waals surface area (Å²) in [6, 6.07) is 6.24. The van der Waals surface area contributed by atoms with Crippen molar-refractivity contribution in [3.63, 3.8) is 0 Å². The fourth-order valence-corrected chi connectivity index (χ4v) is 5.21. The molecule has 6 nitrogen and oxygen atoms in total. The molecule has 1 amide bonds. The highest BCUT2D eigenvalue weighted by Crippen LogP contribution is 2.38. The summed E-state index contributed by atoms with van der Waals surface area (Å²) in [4.78, 5) is 26.3. The number of amides is 1. The lowest BCUT2D eigenvalue weighted by molar-refractivity contribution is -0.115. The van der Waals surface area contributed by atoms with E-state index in [1.807, 2.05) is 0 Å². The average Bonchev–Trinajstić information content (AvgIpc) is 2.99. The van der Waals surface area contributed by atoms with Crippen molar-refractivity contribution in [2.75, 3.05) is 18.2 Å². The lowest BCUT2D eigenvalue weighted by Gasteiger charge is -2.12. The number of carbonyl (C=O) groups excluding carboxylic acids is 2. The molecule has 0 bridgehead atoms. The number of ether oxygens (including phenoxy) is 1. The van der Waals surface area contributed by atoms with Gasteiger partial charge in [-0.25, -0.2) is 13.2 Å². The molecule has 0 aliphatic heterocycles. The Hall–Kier alpha value is -2.19. The maximum absolute atomic E-state index is 12.5. The van der Waals surface area contributed by atoms with Gasteiger partial charge in [-0.1, -0.05) is 12.1 Å². The van der Waals surface area contributed by atoms with E-state index in [9.17, 15) is 18.0 Å².